The molecule has 90 valence electrons. The van der Waals surface area contributed by atoms with E-state index in [2.05, 4.69) is 51.4 Å². The molecular formula is C12H13BrN2OS. The first kappa shape index (κ1) is 12.6. The third-order valence-corrected chi connectivity index (χ3v) is 4.19. The van der Waals surface area contributed by atoms with Crippen molar-refractivity contribution in [2.75, 3.05) is 6.26 Å². The molecule has 0 aliphatic heterocycles. The minimum Gasteiger partial charge on any atom is -0.419 e. The predicted molar refractivity (Wildman–Crippen MR) is 73.5 cm³/mol. The molecule has 2 aromatic rings. The van der Waals surface area contributed by atoms with Gasteiger partial charge >= 0.3 is 0 Å². The summed E-state index contributed by atoms with van der Waals surface area (Å²) in [6, 6.07) is 8.10. The van der Waals surface area contributed by atoms with Crippen molar-refractivity contribution in [2.24, 2.45) is 0 Å². The molecule has 1 aromatic carbocycles. The number of alkyl halides is 1. The molecule has 0 saturated carbocycles. The molecule has 1 heterocycles. The van der Waals surface area contributed by atoms with Crippen LogP contribution in [-0.4, -0.2) is 16.5 Å². The summed E-state index contributed by atoms with van der Waals surface area (Å²) < 4.78 is 5.62. The number of nitrogens with zero attached hydrogens (tertiary/aromatic N) is 2. The summed E-state index contributed by atoms with van der Waals surface area (Å²) in [6.07, 6.45) is 2.98. The van der Waals surface area contributed by atoms with Crippen LogP contribution in [0.5, 0.6) is 0 Å². The second-order valence-electron chi connectivity index (χ2n) is 3.55. The Hall–Kier alpha value is -0.810. The highest BCUT2D eigenvalue weighted by molar-refractivity contribution is 9.09. The lowest BCUT2D eigenvalue weighted by atomic mass is 10.2. The molecule has 1 aromatic heterocycles. The van der Waals surface area contributed by atoms with Gasteiger partial charge in [0.25, 0.3) is 0 Å². The molecule has 0 radical (unpaired) electrons. The van der Waals surface area contributed by atoms with Crippen LogP contribution >= 0.6 is 27.7 Å². The number of hydrogen-bond donors (Lipinski definition) is 0. The van der Waals surface area contributed by atoms with E-state index in [4.69, 9.17) is 4.42 Å². The molecule has 2 rings (SSSR count). The van der Waals surface area contributed by atoms with Gasteiger partial charge in [-0.15, -0.1) is 22.0 Å². The number of hydrogen-bond acceptors (Lipinski definition) is 4. The van der Waals surface area contributed by atoms with Crippen LogP contribution in [0.4, 0.5) is 0 Å². The molecule has 5 heteroatoms. The molecule has 0 fully saturated rings. The molecule has 1 atom stereocenters. The molecule has 17 heavy (non-hydrogen) atoms. The van der Waals surface area contributed by atoms with Crippen molar-refractivity contribution in [3.63, 3.8) is 0 Å². The Morgan fingerprint density at radius 2 is 2.00 bits per heavy atom. The van der Waals surface area contributed by atoms with E-state index in [9.17, 15) is 0 Å². The fourth-order valence-electron chi connectivity index (χ4n) is 1.39. The van der Waals surface area contributed by atoms with E-state index in [1.807, 2.05) is 12.1 Å². The van der Waals surface area contributed by atoms with Crippen molar-refractivity contribution in [3.8, 4) is 11.5 Å². The first-order valence-electron chi connectivity index (χ1n) is 5.36. The van der Waals surface area contributed by atoms with Gasteiger partial charge in [0.15, 0.2) is 0 Å². The smallest absolute Gasteiger partial charge is 0.247 e. The summed E-state index contributed by atoms with van der Waals surface area (Å²) in [7, 11) is 0. The second-order valence-corrected chi connectivity index (χ2v) is 5.53. The molecule has 3 nitrogen and oxygen atoms in total. The maximum Gasteiger partial charge on any atom is 0.247 e. The molecule has 0 saturated heterocycles. The van der Waals surface area contributed by atoms with Crippen molar-refractivity contribution >= 4 is 27.7 Å². The molecule has 0 N–H and O–H groups in total. The van der Waals surface area contributed by atoms with E-state index in [0.29, 0.717) is 11.8 Å². The lowest BCUT2D eigenvalue weighted by Crippen LogP contribution is -1.86. The normalized spacial score (nSPS) is 12.6. The third kappa shape index (κ3) is 2.90. The van der Waals surface area contributed by atoms with Crippen molar-refractivity contribution in [3.05, 3.63) is 30.2 Å². The van der Waals surface area contributed by atoms with E-state index in [1.165, 1.54) is 4.90 Å². The van der Waals surface area contributed by atoms with E-state index < -0.39 is 0 Å². The van der Waals surface area contributed by atoms with E-state index in [-0.39, 0.29) is 4.83 Å². The van der Waals surface area contributed by atoms with Crippen LogP contribution in [0.15, 0.2) is 33.6 Å². The van der Waals surface area contributed by atoms with Crippen LogP contribution in [0.25, 0.3) is 11.5 Å². The number of rotatable bonds is 4. The molecule has 0 aliphatic rings. The van der Waals surface area contributed by atoms with E-state index in [0.717, 1.165) is 12.0 Å². The largest absolute Gasteiger partial charge is 0.419 e. The van der Waals surface area contributed by atoms with Gasteiger partial charge in [-0.1, -0.05) is 22.9 Å². The Balaban J connectivity index is 2.24. The Labute approximate surface area is 113 Å². The zero-order valence-electron chi connectivity index (χ0n) is 9.68. The van der Waals surface area contributed by atoms with Crippen LogP contribution in [0, 0.1) is 0 Å². The molecule has 0 spiro atoms. The van der Waals surface area contributed by atoms with Crippen LogP contribution in [0.1, 0.15) is 24.1 Å². The second kappa shape index (κ2) is 5.69. The van der Waals surface area contributed by atoms with Crippen molar-refractivity contribution in [2.45, 2.75) is 23.1 Å². The quantitative estimate of drug-likeness (QED) is 0.623. The monoisotopic (exact) mass is 312 g/mol. The Morgan fingerprint density at radius 1 is 1.29 bits per heavy atom. The van der Waals surface area contributed by atoms with E-state index >= 15 is 0 Å². The van der Waals surface area contributed by atoms with Gasteiger partial charge in [0.2, 0.25) is 11.8 Å². The number of thioether (sulfide) groups is 1. The Bertz CT molecular complexity index is 484. The topological polar surface area (TPSA) is 38.9 Å². The first-order valence-corrected chi connectivity index (χ1v) is 7.50. The van der Waals surface area contributed by atoms with Crippen LogP contribution in [-0.2, 0) is 0 Å². The standard InChI is InChI=1S/C12H13BrN2OS/c1-3-10(13)12-15-14-11(16-12)8-4-6-9(17-2)7-5-8/h4-7,10H,3H2,1-2H3. The zero-order chi connectivity index (χ0) is 12.3. The average Bonchev–Trinajstić information content (AvgIpc) is 2.87. The van der Waals surface area contributed by atoms with Crippen LogP contribution < -0.4 is 0 Å². The lowest BCUT2D eigenvalue weighted by molar-refractivity contribution is 0.500. The number of benzene rings is 1. The molecule has 0 amide bonds. The van der Waals surface area contributed by atoms with Gasteiger partial charge in [-0.05, 0) is 36.9 Å². The van der Waals surface area contributed by atoms with Gasteiger partial charge in [0.05, 0.1) is 4.83 Å². The Kier molecular flexibility index (Phi) is 4.23. The minimum absolute atomic E-state index is 0.134. The van der Waals surface area contributed by atoms with Gasteiger partial charge in [0.1, 0.15) is 0 Å². The van der Waals surface area contributed by atoms with Crippen molar-refractivity contribution in [1.82, 2.24) is 10.2 Å². The maximum atomic E-state index is 5.62. The number of halogens is 1. The van der Waals surface area contributed by atoms with Gasteiger partial charge in [0, 0.05) is 10.5 Å². The van der Waals surface area contributed by atoms with Crippen molar-refractivity contribution < 1.29 is 4.42 Å². The summed E-state index contributed by atoms with van der Waals surface area (Å²) in [6.45, 7) is 2.07. The highest BCUT2D eigenvalue weighted by Gasteiger charge is 2.14. The van der Waals surface area contributed by atoms with Crippen LogP contribution in [0.3, 0.4) is 0 Å². The summed E-state index contributed by atoms with van der Waals surface area (Å²) in [5.41, 5.74) is 0.956. The van der Waals surface area contributed by atoms with Gasteiger partial charge in [-0.25, -0.2) is 0 Å². The molecule has 1 unspecified atom stereocenters. The summed E-state index contributed by atoms with van der Waals surface area (Å²) in [4.78, 5) is 1.36. The fourth-order valence-corrected chi connectivity index (χ4v) is 1.98. The SMILES string of the molecule is CCC(Br)c1nnc(-c2ccc(SC)cc2)o1. The van der Waals surface area contributed by atoms with Crippen molar-refractivity contribution in [1.29, 1.82) is 0 Å². The maximum absolute atomic E-state index is 5.62. The first-order chi connectivity index (χ1) is 8.24. The van der Waals surface area contributed by atoms with E-state index in [1.54, 1.807) is 11.8 Å². The fraction of sp³-hybridized carbons (Fsp3) is 0.333. The summed E-state index contributed by atoms with van der Waals surface area (Å²) >= 11 is 5.21. The van der Waals surface area contributed by atoms with Gasteiger partial charge in [-0.2, -0.15) is 0 Å². The number of aromatic nitrogens is 2. The third-order valence-electron chi connectivity index (χ3n) is 2.40. The van der Waals surface area contributed by atoms with Gasteiger partial charge in [-0.3, -0.25) is 0 Å². The summed E-state index contributed by atoms with van der Waals surface area (Å²) in [5.74, 6) is 1.21. The Morgan fingerprint density at radius 3 is 2.59 bits per heavy atom. The predicted octanol–water partition coefficient (Wildman–Crippen LogP) is 4.30. The molecule has 0 bridgehead atoms. The highest BCUT2D eigenvalue weighted by atomic mass is 79.9. The van der Waals surface area contributed by atoms with Crippen LogP contribution in [0.2, 0.25) is 0 Å². The minimum atomic E-state index is 0.134. The average molecular weight is 313 g/mol. The summed E-state index contributed by atoms with van der Waals surface area (Å²) in [5, 5.41) is 8.09. The zero-order valence-corrected chi connectivity index (χ0v) is 12.1. The molecular weight excluding hydrogens is 300 g/mol. The lowest BCUT2D eigenvalue weighted by Gasteiger charge is -1.99. The van der Waals surface area contributed by atoms with Gasteiger partial charge < -0.3 is 4.42 Å². The highest BCUT2D eigenvalue weighted by Crippen LogP contribution is 2.28. The molecule has 0 aliphatic carbocycles.